The first-order valence-electron chi connectivity index (χ1n) is 9.87. The number of thiophene rings is 1. The van der Waals surface area contributed by atoms with Crippen molar-refractivity contribution in [1.82, 2.24) is 10.3 Å². The molecule has 0 saturated heterocycles. The van der Waals surface area contributed by atoms with Crippen molar-refractivity contribution in [1.29, 1.82) is 0 Å². The molecule has 148 valence electrons. The Kier molecular flexibility index (Phi) is 5.66. The number of hydrogen-bond donors (Lipinski definition) is 3. The molecule has 1 aliphatic rings. The lowest BCUT2D eigenvalue weighted by atomic mass is 9.80. The fourth-order valence-corrected chi connectivity index (χ4v) is 6.08. The van der Waals surface area contributed by atoms with Crippen LogP contribution in [0.15, 0.2) is 36.4 Å². The van der Waals surface area contributed by atoms with Crippen molar-refractivity contribution >= 4 is 48.9 Å². The monoisotopic (exact) mass is 415 g/mol. The Bertz CT molecular complexity index is 910. The smallest absolute Gasteiger partial charge is 0.261 e. The number of hydrogen-bond acceptors (Lipinski definition) is 5. The van der Waals surface area contributed by atoms with Crippen LogP contribution in [0.3, 0.4) is 0 Å². The van der Waals surface area contributed by atoms with Gasteiger partial charge in [-0.15, -0.1) is 11.3 Å². The zero-order chi connectivity index (χ0) is 19.6. The molecule has 3 aromatic rings. The molecule has 1 aromatic carbocycles. The second-order valence-electron chi connectivity index (χ2n) is 7.82. The highest BCUT2D eigenvalue weighted by Crippen LogP contribution is 2.34. The van der Waals surface area contributed by atoms with E-state index in [1.807, 2.05) is 36.4 Å². The fraction of sp³-hybridized carbons (Fsp3) is 0.429. The Balaban J connectivity index is 1.42. The van der Waals surface area contributed by atoms with Crippen LogP contribution in [0.4, 0.5) is 10.8 Å². The summed E-state index contributed by atoms with van der Waals surface area (Å²) in [6, 6.07) is 11.9. The molecular weight excluding hydrogens is 388 g/mol. The molecule has 0 radical (unpaired) electrons. The zero-order valence-electron chi connectivity index (χ0n) is 16.4. The number of fused-ring (bicyclic) bond motifs is 1. The number of likely N-dealkylation sites (N-methyl/N-ethyl adjacent to an activating group) is 1. The van der Waals surface area contributed by atoms with Gasteiger partial charge >= 0.3 is 0 Å². The maximum Gasteiger partial charge on any atom is 0.261 e. The first kappa shape index (κ1) is 19.4. The predicted molar refractivity (Wildman–Crippen MR) is 118 cm³/mol. The fourth-order valence-electron chi connectivity index (χ4n) is 3.96. The third-order valence-electron chi connectivity index (χ3n) is 5.80. The van der Waals surface area contributed by atoms with Crippen molar-refractivity contribution in [3.8, 4) is 0 Å². The van der Waals surface area contributed by atoms with Crippen LogP contribution >= 0.6 is 22.7 Å². The van der Waals surface area contributed by atoms with Crippen molar-refractivity contribution in [2.45, 2.75) is 37.6 Å². The van der Waals surface area contributed by atoms with Gasteiger partial charge in [-0.25, -0.2) is 4.98 Å². The minimum absolute atomic E-state index is 0.0268. The van der Waals surface area contributed by atoms with Crippen LogP contribution in [0.5, 0.6) is 0 Å². The molecular formula is C21H27N4OS2+. The van der Waals surface area contributed by atoms with Crippen molar-refractivity contribution < 1.29 is 9.69 Å². The van der Waals surface area contributed by atoms with E-state index in [0.29, 0.717) is 0 Å². The summed E-state index contributed by atoms with van der Waals surface area (Å²) in [7, 11) is 4.42. The maximum absolute atomic E-state index is 12.7. The van der Waals surface area contributed by atoms with Crippen LogP contribution in [0.1, 0.15) is 41.8 Å². The third kappa shape index (κ3) is 4.06. The lowest BCUT2D eigenvalue weighted by Gasteiger charge is -2.39. The van der Waals surface area contributed by atoms with E-state index in [1.54, 1.807) is 11.3 Å². The van der Waals surface area contributed by atoms with Gasteiger partial charge in [0.05, 0.1) is 31.0 Å². The number of nitrogens with one attached hydrogen (secondary N) is 3. The van der Waals surface area contributed by atoms with Gasteiger partial charge < -0.3 is 15.5 Å². The molecule has 28 heavy (non-hydrogen) atoms. The molecule has 0 atom stereocenters. The summed E-state index contributed by atoms with van der Waals surface area (Å²) in [6.45, 7) is 0.744. The van der Waals surface area contributed by atoms with Gasteiger partial charge in [-0.05, 0) is 31.0 Å². The number of carbonyl (C=O) groups excluding carboxylic acids is 1. The summed E-state index contributed by atoms with van der Waals surface area (Å²) in [4.78, 5) is 19.6. The zero-order valence-corrected chi connectivity index (χ0v) is 18.0. The number of thiazole rings is 1. The number of anilines is 2. The van der Waals surface area contributed by atoms with Crippen LogP contribution in [0.2, 0.25) is 0 Å². The molecule has 2 aromatic heterocycles. The van der Waals surface area contributed by atoms with Gasteiger partial charge in [-0.3, -0.25) is 4.79 Å². The van der Waals surface area contributed by atoms with Gasteiger partial charge in [0, 0.05) is 18.5 Å². The molecule has 0 unspecified atom stereocenters. The molecule has 0 spiro atoms. The second-order valence-corrected chi connectivity index (χ2v) is 10.1. The van der Waals surface area contributed by atoms with Crippen LogP contribution < -0.4 is 15.5 Å². The molecule has 1 saturated carbocycles. The molecule has 5 nitrogen and oxygen atoms in total. The summed E-state index contributed by atoms with van der Waals surface area (Å²) in [5.41, 5.74) is 2.09. The van der Waals surface area contributed by atoms with E-state index in [0.717, 1.165) is 31.8 Å². The third-order valence-corrected chi connectivity index (χ3v) is 8.00. The van der Waals surface area contributed by atoms with Gasteiger partial charge in [0.25, 0.3) is 5.91 Å². The van der Waals surface area contributed by atoms with Gasteiger partial charge in [-0.2, -0.15) is 0 Å². The molecule has 2 heterocycles. The molecule has 0 aliphatic heterocycles. The average molecular weight is 416 g/mol. The van der Waals surface area contributed by atoms with Crippen molar-refractivity contribution in [3.05, 3.63) is 41.3 Å². The lowest BCUT2D eigenvalue weighted by Crippen LogP contribution is -3.16. The van der Waals surface area contributed by atoms with Crippen LogP contribution in [0.25, 0.3) is 9.53 Å². The van der Waals surface area contributed by atoms with E-state index in [4.69, 9.17) is 0 Å². The average Bonchev–Trinajstić information content (AvgIpc) is 3.26. The second kappa shape index (κ2) is 8.19. The number of nitrogens with zero attached hydrogens (tertiary/aromatic N) is 1. The van der Waals surface area contributed by atoms with E-state index in [2.05, 4.69) is 29.7 Å². The van der Waals surface area contributed by atoms with Crippen LogP contribution in [-0.2, 0) is 0 Å². The Morgan fingerprint density at radius 1 is 1.14 bits per heavy atom. The summed E-state index contributed by atoms with van der Waals surface area (Å²) < 4.78 is 1.08. The summed E-state index contributed by atoms with van der Waals surface area (Å²) in [6.07, 6.45) is 6.21. The van der Waals surface area contributed by atoms with Crippen LogP contribution in [0, 0.1) is 0 Å². The summed E-state index contributed by atoms with van der Waals surface area (Å²) in [5, 5.41) is 7.39. The molecule has 0 bridgehead atoms. The lowest BCUT2D eigenvalue weighted by molar-refractivity contribution is -0.916. The molecule has 1 fully saturated rings. The van der Waals surface area contributed by atoms with Crippen molar-refractivity contribution in [2.75, 3.05) is 26.0 Å². The first-order chi connectivity index (χ1) is 13.6. The number of amides is 1. The molecule has 1 aliphatic carbocycles. The van der Waals surface area contributed by atoms with E-state index >= 15 is 0 Å². The minimum atomic E-state index is 0.0268. The molecule has 1 amide bonds. The Morgan fingerprint density at radius 3 is 2.57 bits per heavy atom. The topological polar surface area (TPSA) is 58.5 Å². The van der Waals surface area contributed by atoms with Gasteiger partial charge in [0.1, 0.15) is 9.55 Å². The first-order valence-corrected chi connectivity index (χ1v) is 11.5. The van der Waals surface area contributed by atoms with Crippen molar-refractivity contribution in [2.24, 2.45) is 0 Å². The quantitative estimate of drug-likeness (QED) is 0.576. The number of quaternary nitrogens is 1. The number of benzene rings is 1. The molecule has 4 rings (SSSR count). The Hall–Kier alpha value is -1.96. The SMILES string of the molecule is C[NH+](C)C1(CNC(=O)c2cc3nc(Nc4ccccc4)sc3s2)CCCCC1. The van der Waals surface area contributed by atoms with Gasteiger partial charge in [-0.1, -0.05) is 36.0 Å². The van der Waals surface area contributed by atoms with E-state index < -0.39 is 0 Å². The van der Waals surface area contributed by atoms with E-state index in [1.165, 1.54) is 48.3 Å². The number of aromatic nitrogens is 1. The standard InChI is InChI=1S/C21H26N4OS2/c1-25(2)21(11-7-4-8-12-21)14-22-18(26)17-13-16-19(27-17)28-20(24-16)23-15-9-5-3-6-10-15/h3,5-6,9-10,13H,4,7-8,11-12,14H2,1-2H3,(H,22,26)(H,23,24)/p+1. The highest BCUT2D eigenvalue weighted by atomic mass is 32.2. The summed E-state index contributed by atoms with van der Waals surface area (Å²) in [5.74, 6) is 0.0268. The Morgan fingerprint density at radius 2 is 1.89 bits per heavy atom. The Labute approximate surface area is 173 Å². The molecule has 7 heteroatoms. The minimum Gasteiger partial charge on any atom is -0.345 e. The number of para-hydroxylation sites is 1. The van der Waals surface area contributed by atoms with E-state index in [-0.39, 0.29) is 11.4 Å². The number of rotatable bonds is 6. The van der Waals surface area contributed by atoms with Gasteiger partial charge in [0.15, 0.2) is 5.13 Å². The van der Waals surface area contributed by atoms with E-state index in [9.17, 15) is 4.79 Å². The normalized spacial score (nSPS) is 16.4. The van der Waals surface area contributed by atoms with Gasteiger partial charge in [0.2, 0.25) is 0 Å². The molecule has 3 N–H and O–H groups in total. The number of carbonyl (C=O) groups is 1. The highest BCUT2D eigenvalue weighted by Gasteiger charge is 2.38. The van der Waals surface area contributed by atoms with Crippen molar-refractivity contribution in [3.63, 3.8) is 0 Å². The predicted octanol–water partition coefficient (Wildman–Crippen LogP) is 3.68. The maximum atomic E-state index is 12.7. The summed E-state index contributed by atoms with van der Waals surface area (Å²) >= 11 is 3.12. The van der Waals surface area contributed by atoms with Crippen LogP contribution in [-0.4, -0.2) is 37.1 Å². The largest absolute Gasteiger partial charge is 0.345 e. The highest BCUT2D eigenvalue weighted by molar-refractivity contribution is 7.40.